The zero-order chi connectivity index (χ0) is 18.7. The molecule has 0 radical (unpaired) electrons. The number of carbonyl (C=O) groups is 1. The molecule has 3 rings (SSSR count). The number of amides is 1. The van der Waals surface area contributed by atoms with Crippen LogP contribution in [0.2, 0.25) is 0 Å². The number of aryl methyl sites for hydroxylation is 2. The molecule has 2 aromatic heterocycles. The number of benzene rings is 1. The minimum absolute atomic E-state index is 0.315. The lowest BCUT2D eigenvalue weighted by molar-refractivity contribution is 0.102. The molecule has 0 aliphatic heterocycles. The molecule has 0 saturated heterocycles. The van der Waals surface area contributed by atoms with E-state index in [0.717, 1.165) is 11.4 Å². The summed E-state index contributed by atoms with van der Waals surface area (Å²) in [6, 6.07) is 6.89. The summed E-state index contributed by atoms with van der Waals surface area (Å²) in [7, 11) is 3.06. The van der Waals surface area contributed by atoms with E-state index in [-0.39, 0.29) is 5.91 Å². The van der Waals surface area contributed by atoms with Crippen LogP contribution in [0.5, 0.6) is 11.5 Å². The van der Waals surface area contributed by atoms with Gasteiger partial charge in [-0.15, -0.1) is 0 Å². The molecule has 0 unspecified atom stereocenters. The number of anilines is 1. The Morgan fingerprint density at radius 1 is 1.00 bits per heavy atom. The molecule has 1 aromatic carbocycles. The van der Waals surface area contributed by atoms with E-state index in [4.69, 9.17) is 9.47 Å². The van der Waals surface area contributed by atoms with Crippen LogP contribution in [0, 0.1) is 13.8 Å². The van der Waals surface area contributed by atoms with Gasteiger partial charge >= 0.3 is 0 Å². The first-order valence-electron chi connectivity index (χ1n) is 7.90. The molecule has 0 bridgehead atoms. The zero-order valence-corrected chi connectivity index (χ0v) is 15.0. The maximum atomic E-state index is 12.5. The van der Waals surface area contributed by atoms with E-state index in [9.17, 15) is 4.79 Å². The second-order valence-corrected chi connectivity index (χ2v) is 5.67. The van der Waals surface area contributed by atoms with Crippen molar-refractivity contribution in [3.8, 4) is 17.4 Å². The molecule has 3 aromatic rings. The Labute approximate surface area is 150 Å². The largest absolute Gasteiger partial charge is 0.497 e. The number of carbonyl (C=O) groups excluding carboxylic acids is 1. The van der Waals surface area contributed by atoms with Crippen LogP contribution in [-0.2, 0) is 0 Å². The van der Waals surface area contributed by atoms with Crippen LogP contribution in [-0.4, -0.2) is 39.9 Å². The van der Waals surface area contributed by atoms with E-state index in [1.807, 2.05) is 19.9 Å². The predicted molar refractivity (Wildman–Crippen MR) is 96.1 cm³/mol. The first kappa shape index (κ1) is 17.4. The molecule has 2 heterocycles. The molecule has 0 spiro atoms. The second-order valence-electron chi connectivity index (χ2n) is 5.67. The number of aromatic nitrogens is 4. The van der Waals surface area contributed by atoms with Gasteiger partial charge in [-0.3, -0.25) is 4.79 Å². The fourth-order valence-electron chi connectivity index (χ4n) is 2.47. The summed E-state index contributed by atoms with van der Waals surface area (Å²) in [6.45, 7) is 3.83. The summed E-state index contributed by atoms with van der Waals surface area (Å²) in [6.07, 6.45) is 3.07. The summed E-state index contributed by atoms with van der Waals surface area (Å²) in [5, 5.41) is 7.09. The second kappa shape index (κ2) is 7.22. The molecule has 134 valence electrons. The zero-order valence-electron chi connectivity index (χ0n) is 15.0. The Bertz CT molecular complexity index is 912. The molecule has 8 nitrogen and oxygen atoms in total. The lowest BCUT2D eigenvalue weighted by Crippen LogP contribution is -2.13. The van der Waals surface area contributed by atoms with Crippen molar-refractivity contribution in [1.82, 2.24) is 19.7 Å². The van der Waals surface area contributed by atoms with E-state index in [1.54, 1.807) is 22.9 Å². The van der Waals surface area contributed by atoms with Gasteiger partial charge in [-0.25, -0.2) is 14.6 Å². The Morgan fingerprint density at radius 3 is 2.12 bits per heavy atom. The number of ether oxygens (including phenoxy) is 2. The highest BCUT2D eigenvalue weighted by atomic mass is 16.5. The van der Waals surface area contributed by atoms with Crippen LogP contribution in [0.15, 0.2) is 36.7 Å². The average Bonchev–Trinajstić information content (AvgIpc) is 3.00. The van der Waals surface area contributed by atoms with Gasteiger partial charge in [-0.1, -0.05) is 0 Å². The summed E-state index contributed by atoms with van der Waals surface area (Å²) in [5.74, 6) is 1.19. The van der Waals surface area contributed by atoms with E-state index in [0.29, 0.717) is 28.7 Å². The number of hydrogen-bond donors (Lipinski definition) is 1. The standard InChI is InChI=1S/C18H19N5O3/c1-11-5-12(2)23(22-11)18-19-9-14(10-20-18)21-17(24)13-6-15(25-3)8-16(7-13)26-4/h5-10H,1-4H3,(H,21,24). The minimum Gasteiger partial charge on any atom is -0.497 e. The molecular weight excluding hydrogens is 334 g/mol. The molecule has 0 fully saturated rings. The number of nitrogens with zero attached hydrogens (tertiary/aromatic N) is 4. The lowest BCUT2D eigenvalue weighted by Gasteiger charge is -2.09. The minimum atomic E-state index is -0.315. The highest BCUT2D eigenvalue weighted by molar-refractivity contribution is 6.04. The molecule has 0 saturated carbocycles. The van der Waals surface area contributed by atoms with Gasteiger partial charge in [0.25, 0.3) is 11.9 Å². The third-order valence-electron chi connectivity index (χ3n) is 3.71. The fourth-order valence-corrected chi connectivity index (χ4v) is 2.47. The van der Waals surface area contributed by atoms with Gasteiger partial charge in [0.05, 0.1) is 38.0 Å². The monoisotopic (exact) mass is 353 g/mol. The number of rotatable bonds is 5. The van der Waals surface area contributed by atoms with Gasteiger partial charge < -0.3 is 14.8 Å². The van der Waals surface area contributed by atoms with Gasteiger partial charge in [0.2, 0.25) is 0 Å². The van der Waals surface area contributed by atoms with Crippen LogP contribution in [0.25, 0.3) is 5.95 Å². The van der Waals surface area contributed by atoms with Crippen LogP contribution >= 0.6 is 0 Å². The van der Waals surface area contributed by atoms with Crippen LogP contribution in [0.3, 0.4) is 0 Å². The summed E-state index contributed by atoms with van der Waals surface area (Å²) >= 11 is 0. The van der Waals surface area contributed by atoms with Crippen molar-refractivity contribution >= 4 is 11.6 Å². The van der Waals surface area contributed by atoms with Gasteiger partial charge in [-0.2, -0.15) is 5.10 Å². The van der Waals surface area contributed by atoms with Gasteiger partial charge in [-0.05, 0) is 32.0 Å². The third kappa shape index (κ3) is 3.64. The quantitative estimate of drug-likeness (QED) is 0.758. The Kier molecular flexibility index (Phi) is 4.83. The first-order valence-corrected chi connectivity index (χ1v) is 7.90. The molecule has 1 N–H and O–H groups in total. The fraction of sp³-hybridized carbons (Fsp3) is 0.222. The van der Waals surface area contributed by atoms with Crippen LogP contribution in [0.4, 0.5) is 5.69 Å². The first-order chi connectivity index (χ1) is 12.5. The third-order valence-corrected chi connectivity index (χ3v) is 3.71. The van der Waals surface area contributed by atoms with Gasteiger partial charge in [0.1, 0.15) is 11.5 Å². The van der Waals surface area contributed by atoms with E-state index >= 15 is 0 Å². The SMILES string of the molecule is COc1cc(OC)cc(C(=O)Nc2cnc(-n3nc(C)cc3C)nc2)c1. The van der Waals surface area contributed by atoms with Crippen molar-refractivity contribution in [2.24, 2.45) is 0 Å². The molecule has 8 heteroatoms. The molecular formula is C18H19N5O3. The average molecular weight is 353 g/mol. The van der Waals surface area contributed by atoms with E-state index < -0.39 is 0 Å². The predicted octanol–water partition coefficient (Wildman–Crippen LogP) is 2.55. The normalized spacial score (nSPS) is 10.5. The Hall–Kier alpha value is -3.42. The summed E-state index contributed by atoms with van der Waals surface area (Å²) in [5.41, 5.74) is 2.70. The van der Waals surface area contributed by atoms with Crippen LogP contribution in [0.1, 0.15) is 21.7 Å². The number of hydrogen-bond acceptors (Lipinski definition) is 6. The topological polar surface area (TPSA) is 91.2 Å². The van der Waals surface area contributed by atoms with Crippen LogP contribution < -0.4 is 14.8 Å². The lowest BCUT2D eigenvalue weighted by atomic mass is 10.2. The smallest absolute Gasteiger partial charge is 0.256 e. The number of nitrogens with one attached hydrogen (secondary N) is 1. The van der Waals surface area contributed by atoms with Crippen molar-refractivity contribution in [3.05, 3.63) is 53.6 Å². The van der Waals surface area contributed by atoms with E-state index in [1.165, 1.54) is 26.6 Å². The maximum absolute atomic E-state index is 12.5. The molecule has 0 aliphatic carbocycles. The van der Waals surface area contributed by atoms with Crippen molar-refractivity contribution in [2.75, 3.05) is 19.5 Å². The van der Waals surface area contributed by atoms with E-state index in [2.05, 4.69) is 20.4 Å². The molecule has 1 amide bonds. The van der Waals surface area contributed by atoms with Gasteiger partial charge in [0.15, 0.2) is 0 Å². The van der Waals surface area contributed by atoms with Crippen molar-refractivity contribution in [1.29, 1.82) is 0 Å². The number of methoxy groups -OCH3 is 2. The molecule has 26 heavy (non-hydrogen) atoms. The molecule has 0 aliphatic rings. The Balaban J connectivity index is 1.79. The summed E-state index contributed by atoms with van der Waals surface area (Å²) in [4.78, 5) is 21.0. The van der Waals surface area contributed by atoms with Crippen molar-refractivity contribution < 1.29 is 14.3 Å². The summed E-state index contributed by atoms with van der Waals surface area (Å²) < 4.78 is 12.0. The molecule has 0 atom stereocenters. The van der Waals surface area contributed by atoms with Crippen molar-refractivity contribution in [3.63, 3.8) is 0 Å². The maximum Gasteiger partial charge on any atom is 0.256 e. The Morgan fingerprint density at radius 2 is 1.62 bits per heavy atom. The highest BCUT2D eigenvalue weighted by Crippen LogP contribution is 2.23. The van der Waals surface area contributed by atoms with Gasteiger partial charge in [0, 0.05) is 17.3 Å². The van der Waals surface area contributed by atoms with Crippen molar-refractivity contribution in [2.45, 2.75) is 13.8 Å². The highest BCUT2D eigenvalue weighted by Gasteiger charge is 2.12.